The summed E-state index contributed by atoms with van der Waals surface area (Å²) in [6.45, 7) is 6.35. The van der Waals surface area contributed by atoms with Gasteiger partial charge < -0.3 is 10.1 Å². The van der Waals surface area contributed by atoms with Gasteiger partial charge in [0.15, 0.2) is 0 Å². The molecule has 0 aromatic carbocycles. The quantitative estimate of drug-likeness (QED) is 0.765. The Balaban J connectivity index is 1.76. The molecular weight excluding hydrogens is 238 g/mol. The summed E-state index contributed by atoms with van der Waals surface area (Å²) in [6, 6.07) is 4.14. The summed E-state index contributed by atoms with van der Waals surface area (Å²) in [7, 11) is 0. The van der Waals surface area contributed by atoms with Crippen molar-refractivity contribution >= 4 is 5.82 Å². The molecule has 1 aromatic heterocycles. The molecule has 102 valence electrons. The second kappa shape index (κ2) is 6.53. The van der Waals surface area contributed by atoms with E-state index in [0.29, 0.717) is 11.4 Å². The molecule has 1 aromatic rings. The van der Waals surface area contributed by atoms with Crippen molar-refractivity contribution in [2.75, 3.05) is 25.1 Å². The zero-order valence-electron chi connectivity index (χ0n) is 11.7. The minimum Gasteiger partial charge on any atom is -0.381 e. The second-order valence-electron chi connectivity index (χ2n) is 5.21. The maximum absolute atomic E-state index is 9.14. The Bertz CT molecular complexity index is 475. The Kier molecular flexibility index (Phi) is 4.75. The predicted octanol–water partition coefficient (Wildman–Crippen LogP) is 2.80. The second-order valence-corrected chi connectivity index (χ2v) is 5.21. The Morgan fingerprint density at radius 3 is 2.95 bits per heavy atom. The van der Waals surface area contributed by atoms with Crippen LogP contribution in [0.5, 0.6) is 0 Å². The molecule has 0 spiro atoms. The SMILES string of the molecule is Cc1cc(C)c(C#N)c(NCCCOCC2CC2)n1. The van der Waals surface area contributed by atoms with Gasteiger partial charge >= 0.3 is 0 Å². The van der Waals surface area contributed by atoms with Gasteiger partial charge in [-0.3, -0.25) is 0 Å². The first-order chi connectivity index (χ1) is 9.20. The topological polar surface area (TPSA) is 57.9 Å². The molecule has 0 radical (unpaired) electrons. The third-order valence-electron chi connectivity index (χ3n) is 3.26. The summed E-state index contributed by atoms with van der Waals surface area (Å²) in [4.78, 5) is 4.39. The largest absolute Gasteiger partial charge is 0.381 e. The van der Waals surface area contributed by atoms with Crippen LogP contribution in [0.15, 0.2) is 6.07 Å². The Labute approximate surface area is 114 Å². The lowest BCUT2D eigenvalue weighted by Gasteiger charge is -2.10. The van der Waals surface area contributed by atoms with E-state index in [-0.39, 0.29) is 0 Å². The van der Waals surface area contributed by atoms with Gasteiger partial charge in [0.05, 0.1) is 5.56 Å². The van der Waals surface area contributed by atoms with Crippen molar-refractivity contribution in [3.8, 4) is 6.07 Å². The zero-order valence-corrected chi connectivity index (χ0v) is 11.7. The average Bonchev–Trinajstić information content (AvgIpc) is 3.17. The molecular formula is C15H21N3O. The standard InChI is InChI=1S/C15H21N3O/c1-11-8-12(2)18-15(14(11)9-16)17-6-3-7-19-10-13-4-5-13/h8,13H,3-7,10H2,1-2H3,(H,17,18). The number of aromatic nitrogens is 1. The first-order valence-electron chi connectivity index (χ1n) is 6.90. The Morgan fingerprint density at radius 2 is 2.26 bits per heavy atom. The summed E-state index contributed by atoms with van der Waals surface area (Å²) < 4.78 is 5.57. The van der Waals surface area contributed by atoms with E-state index in [9.17, 15) is 0 Å². The molecule has 1 aliphatic rings. The van der Waals surface area contributed by atoms with Crippen LogP contribution in [0.1, 0.15) is 36.1 Å². The summed E-state index contributed by atoms with van der Waals surface area (Å²) in [6.07, 6.45) is 3.60. The molecule has 19 heavy (non-hydrogen) atoms. The van der Waals surface area contributed by atoms with Gasteiger partial charge in [0.1, 0.15) is 11.9 Å². The van der Waals surface area contributed by atoms with Crippen LogP contribution < -0.4 is 5.32 Å². The zero-order chi connectivity index (χ0) is 13.7. The van der Waals surface area contributed by atoms with Crippen LogP contribution in [0.3, 0.4) is 0 Å². The summed E-state index contributed by atoms with van der Waals surface area (Å²) in [5, 5.41) is 12.4. The van der Waals surface area contributed by atoms with Crippen LogP contribution in [-0.2, 0) is 4.74 Å². The van der Waals surface area contributed by atoms with Crippen molar-refractivity contribution in [3.05, 3.63) is 22.9 Å². The van der Waals surface area contributed by atoms with Crippen molar-refractivity contribution in [3.63, 3.8) is 0 Å². The molecule has 0 bridgehead atoms. The van der Waals surface area contributed by atoms with Gasteiger partial charge in [0.2, 0.25) is 0 Å². The fraction of sp³-hybridized carbons (Fsp3) is 0.600. The highest BCUT2D eigenvalue weighted by molar-refractivity contribution is 5.56. The van der Waals surface area contributed by atoms with Crippen LogP contribution in [-0.4, -0.2) is 24.7 Å². The number of hydrogen-bond acceptors (Lipinski definition) is 4. The van der Waals surface area contributed by atoms with E-state index in [2.05, 4.69) is 16.4 Å². The highest BCUT2D eigenvalue weighted by atomic mass is 16.5. The summed E-state index contributed by atoms with van der Waals surface area (Å²) in [5.41, 5.74) is 2.55. The minimum atomic E-state index is 0.643. The van der Waals surface area contributed by atoms with E-state index in [1.54, 1.807) is 0 Å². The van der Waals surface area contributed by atoms with E-state index < -0.39 is 0 Å². The summed E-state index contributed by atoms with van der Waals surface area (Å²) >= 11 is 0. The molecule has 1 fully saturated rings. The molecule has 0 saturated heterocycles. The molecule has 0 atom stereocenters. The lowest BCUT2D eigenvalue weighted by Crippen LogP contribution is -2.10. The number of aryl methyl sites for hydroxylation is 2. The molecule has 1 saturated carbocycles. The number of pyridine rings is 1. The van der Waals surface area contributed by atoms with Gasteiger partial charge in [0.25, 0.3) is 0 Å². The summed E-state index contributed by atoms with van der Waals surface area (Å²) in [5.74, 6) is 1.52. The van der Waals surface area contributed by atoms with Crippen LogP contribution in [0.4, 0.5) is 5.82 Å². The van der Waals surface area contributed by atoms with Crippen LogP contribution in [0.2, 0.25) is 0 Å². The third-order valence-corrected chi connectivity index (χ3v) is 3.26. The Hall–Kier alpha value is -1.60. The highest BCUT2D eigenvalue weighted by Crippen LogP contribution is 2.28. The van der Waals surface area contributed by atoms with Crippen LogP contribution in [0.25, 0.3) is 0 Å². The van der Waals surface area contributed by atoms with Crippen LogP contribution >= 0.6 is 0 Å². The van der Waals surface area contributed by atoms with E-state index in [0.717, 1.165) is 43.4 Å². The molecule has 0 aliphatic heterocycles. The molecule has 1 heterocycles. The lowest BCUT2D eigenvalue weighted by molar-refractivity contribution is 0.124. The van der Waals surface area contributed by atoms with Gasteiger partial charge in [-0.15, -0.1) is 0 Å². The first-order valence-corrected chi connectivity index (χ1v) is 6.90. The fourth-order valence-corrected chi connectivity index (χ4v) is 2.02. The number of nitrogens with one attached hydrogen (secondary N) is 1. The van der Waals surface area contributed by atoms with E-state index in [4.69, 9.17) is 10.00 Å². The van der Waals surface area contributed by atoms with Gasteiger partial charge in [0, 0.05) is 25.5 Å². The number of nitriles is 1. The predicted molar refractivity (Wildman–Crippen MR) is 75.1 cm³/mol. The molecule has 1 N–H and O–H groups in total. The molecule has 0 unspecified atom stereocenters. The number of anilines is 1. The highest BCUT2D eigenvalue weighted by Gasteiger charge is 2.20. The molecule has 2 rings (SSSR count). The normalized spacial score (nSPS) is 14.2. The number of hydrogen-bond donors (Lipinski definition) is 1. The number of rotatable bonds is 7. The van der Waals surface area contributed by atoms with Gasteiger partial charge in [-0.1, -0.05) is 0 Å². The van der Waals surface area contributed by atoms with Crippen molar-refractivity contribution in [1.29, 1.82) is 5.26 Å². The first kappa shape index (κ1) is 13.8. The van der Waals surface area contributed by atoms with E-state index >= 15 is 0 Å². The van der Waals surface area contributed by atoms with E-state index in [1.807, 2.05) is 19.9 Å². The van der Waals surface area contributed by atoms with Crippen molar-refractivity contribution in [2.24, 2.45) is 5.92 Å². The maximum Gasteiger partial charge on any atom is 0.144 e. The van der Waals surface area contributed by atoms with Crippen LogP contribution in [0, 0.1) is 31.1 Å². The van der Waals surface area contributed by atoms with Crippen molar-refractivity contribution in [1.82, 2.24) is 4.98 Å². The molecule has 1 aliphatic carbocycles. The smallest absolute Gasteiger partial charge is 0.144 e. The van der Waals surface area contributed by atoms with Gasteiger partial charge in [-0.2, -0.15) is 5.26 Å². The molecule has 4 nitrogen and oxygen atoms in total. The van der Waals surface area contributed by atoms with Gasteiger partial charge in [-0.05, 0) is 50.7 Å². The minimum absolute atomic E-state index is 0.643. The molecule has 0 amide bonds. The number of nitrogens with zero attached hydrogens (tertiary/aromatic N) is 2. The van der Waals surface area contributed by atoms with Gasteiger partial charge in [-0.25, -0.2) is 4.98 Å². The fourth-order valence-electron chi connectivity index (χ4n) is 2.02. The third kappa shape index (κ3) is 4.22. The number of ether oxygens (including phenoxy) is 1. The monoisotopic (exact) mass is 259 g/mol. The van der Waals surface area contributed by atoms with Crippen molar-refractivity contribution < 1.29 is 4.74 Å². The Morgan fingerprint density at radius 1 is 1.47 bits per heavy atom. The lowest BCUT2D eigenvalue weighted by atomic mass is 10.1. The maximum atomic E-state index is 9.14. The average molecular weight is 259 g/mol. The van der Waals surface area contributed by atoms with Crippen molar-refractivity contribution in [2.45, 2.75) is 33.1 Å². The molecule has 4 heteroatoms. The van der Waals surface area contributed by atoms with E-state index in [1.165, 1.54) is 12.8 Å².